The highest BCUT2D eigenvalue weighted by atomic mass is 31.2. The number of benzene rings is 2. The van der Waals surface area contributed by atoms with Gasteiger partial charge in [-0.25, -0.2) is 0 Å². The monoisotopic (exact) mass is 1840 g/mol. The highest BCUT2D eigenvalue weighted by Crippen LogP contribution is 2.65. The molecule has 0 saturated heterocycles. The quantitative estimate of drug-likeness (QED) is 0.0327. The molecule has 0 amide bonds. The molecule has 0 aromatic heterocycles. The predicted octanol–water partition coefficient (Wildman–Crippen LogP) is 26.1. The van der Waals surface area contributed by atoms with Crippen LogP contribution in [0.15, 0.2) is 120 Å². The Hall–Kier alpha value is -4.13. The van der Waals surface area contributed by atoms with Crippen molar-refractivity contribution >= 4 is 56.8 Å². The van der Waals surface area contributed by atoms with E-state index in [0.717, 1.165) is 46.1 Å². The Morgan fingerprint density at radius 1 is 0.561 bits per heavy atom. The van der Waals surface area contributed by atoms with E-state index in [4.69, 9.17) is 34.2 Å². The molecule has 0 heterocycles. The van der Waals surface area contributed by atoms with Crippen molar-refractivity contribution in [2.75, 3.05) is 6.16 Å². The molecule has 0 radical (unpaired) electrons. The van der Waals surface area contributed by atoms with E-state index in [-0.39, 0.29) is 83.8 Å². The van der Waals surface area contributed by atoms with Crippen LogP contribution in [-0.2, 0) is 27.1 Å². The molecule has 6 saturated carbocycles. The second-order valence-corrected chi connectivity index (χ2v) is 63.0. The zero-order chi connectivity index (χ0) is 104. The summed E-state index contributed by atoms with van der Waals surface area (Å²) in [6, 6.07) is 19.8. The molecule has 0 bridgehead atoms. The van der Waals surface area contributed by atoms with Gasteiger partial charge < -0.3 is 42.7 Å². The van der Waals surface area contributed by atoms with E-state index in [1.807, 2.05) is 92.6 Å². The fourth-order valence-electron chi connectivity index (χ4n) is 19.2. The summed E-state index contributed by atoms with van der Waals surface area (Å²) in [5.74, 6) is 5.62. The number of hydrogen-bond acceptors (Lipinski definition) is 10. The van der Waals surface area contributed by atoms with Crippen LogP contribution in [0.1, 0.15) is 254 Å². The van der Waals surface area contributed by atoms with Gasteiger partial charge in [0, 0.05) is 71.2 Å². The first-order valence-corrected chi connectivity index (χ1v) is 57.7. The summed E-state index contributed by atoms with van der Waals surface area (Å²) in [6.45, 7) is 34.5. The summed E-state index contributed by atoms with van der Waals surface area (Å²) in [5.41, 5.74) is -14.7. The maximum Gasteiger partial charge on any atom is 0.438 e. The molecule has 0 aliphatic heterocycles. The van der Waals surface area contributed by atoms with Gasteiger partial charge in [-0.15, -0.1) is 0 Å². The van der Waals surface area contributed by atoms with E-state index in [2.05, 4.69) is 92.9 Å². The molecule has 27 heteroatoms. The lowest BCUT2D eigenvalue weighted by molar-refractivity contribution is -0.343. The third-order valence-corrected chi connectivity index (χ3v) is 41.5. The molecule has 2 aromatic carbocycles. The molecule has 10 nitrogen and oxygen atoms in total. The molecule has 0 spiro atoms. The van der Waals surface area contributed by atoms with Gasteiger partial charge in [0.05, 0.1) is 35.6 Å². The van der Waals surface area contributed by atoms with Crippen LogP contribution >= 0.6 is 7.14 Å². The molecule has 696 valence electrons. The Kier molecular flexibility index (Phi) is 28.7. The zero-order valence-corrected chi connectivity index (χ0v) is 80.9. The SMILES string of the molecule is C=C1/C(=C\CP(=O)(c2ccccc2)c2ccccc2)C[C@@H](O[Si](C)(C)C(C)(C)C)C[C@@H]1O[Si](C)(C)C(C)(C)C.[2H]C([2H])([2H])C(CCC[C@](C)(CC#CC(O[Si](C)(C)C)(C(F)(F)F)C(F)(F)F)[C@H]1CCC2C(=O)CCC[C@@]21C)(O[Si](C)(C)C)C([2H])([2H])[2H].[2H]C([2H])([2H])C(O)(CCC[C@](C)(CC#CC(O)(C(F)(F)F)C(F)(F)F)[C@H]1CCC2/C(=C/C=C3/C[C@@H](O)C[C@H](O)C3=C)CCC[C@@]21C)C([2H])([2H])[2H]. The highest BCUT2D eigenvalue weighted by Gasteiger charge is 2.74. The fraction of sp³-hybridized carbons (Fsp3) is 0.719. The minimum Gasteiger partial charge on any atom is -0.413 e. The normalized spacial score (nSPS) is 28.6. The maximum absolute atomic E-state index is 14.7. The third-order valence-electron chi connectivity index (χ3n) is 27.6. The van der Waals surface area contributed by atoms with Crippen molar-refractivity contribution in [3.05, 3.63) is 120 Å². The van der Waals surface area contributed by atoms with Crippen LogP contribution in [0.5, 0.6) is 0 Å². The Bertz CT molecular complexity index is 4600. The van der Waals surface area contributed by atoms with Crippen LogP contribution in [-0.4, -0.2) is 137 Å². The number of Topliss-reactive ketones (excluding diaryl/α,β-unsaturated/α-hetero) is 1. The molecular formula is C96H147F12O10PSi4. The Labute approximate surface area is 750 Å². The summed E-state index contributed by atoms with van der Waals surface area (Å²) in [5, 5.41) is 42.9. The van der Waals surface area contributed by atoms with Crippen molar-refractivity contribution in [2.24, 2.45) is 45.3 Å². The molecule has 123 heavy (non-hydrogen) atoms. The van der Waals surface area contributed by atoms with Crippen LogP contribution in [0.25, 0.3) is 0 Å². The van der Waals surface area contributed by atoms with Gasteiger partial charge in [0.2, 0.25) is 0 Å². The first kappa shape index (κ1) is 89.5. The molecule has 6 fully saturated rings. The predicted molar refractivity (Wildman–Crippen MR) is 483 cm³/mol. The van der Waals surface area contributed by atoms with Crippen molar-refractivity contribution in [1.29, 1.82) is 0 Å². The number of alkyl halides is 12. The average molecular weight is 1840 g/mol. The number of halogens is 12. The smallest absolute Gasteiger partial charge is 0.413 e. The summed E-state index contributed by atoms with van der Waals surface area (Å²) in [4.78, 5) is 12.9. The van der Waals surface area contributed by atoms with Gasteiger partial charge in [0.25, 0.3) is 0 Å². The van der Waals surface area contributed by atoms with Gasteiger partial charge in [0.15, 0.2) is 33.3 Å². The lowest BCUT2D eigenvalue weighted by Crippen LogP contribution is -2.61. The van der Waals surface area contributed by atoms with E-state index in [9.17, 15) is 82.5 Å². The lowest BCUT2D eigenvalue weighted by atomic mass is 9.55. The number of aliphatic hydroxyl groups excluding tert-OH is 2. The standard InChI is InChI=1S/C33H46F6O4.C33H51O3PSi2.C30H50F6O3Si2/c1-21-23(19-24(40)20-26(21)41)11-10-22-9-6-17-30(5)25(22)12-13-27(30)29(4,15-7-14-28(2,3)42)16-8-18-31(43,32(34,35)36)33(37,38)39;1-26-27(22-23-37(34,29-18-14-12-15-19-29)30-20-16-13-17-21-30)24-28(35-38(8,9)32(2,3)4)25-31(26)36-39(10,11)33(5,6)7;1-25(2,38-40(5,6)7)17-12-18-26(3,24-16-15-22-23(37)14-11-20-27(22,24)4)19-13-21-28(29(31,32)33,30(34,35)36)39-41(8,9)10/h10-11,24-27,40-43H,1,6-7,9,12-17,19-20H2,2-5H3;12-22,28,31H,1,23-25H2,2-11H3;22,24H,11-12,14-20H2,1-10H3/b22-10+,23-11-;27-22-;/t24-,25?,26+,27-,29-,30+;28-,31+;22?,24-,26-,27+/m111/s1/i2D3,3D3;;1D3,2D3. The van der Waals surface area contributed by atoms with E-state index < -0.39 is 174 Å². The molecule has 8 rings (SSSR count). The van der Waals surface area contributed by atoms with Gasteiger partial charge in [0.1, 0.15) is 12.9 Å². The largest absolute Gasteiger partial charge is 0.438 e. The first-order chi connectivity index (χ1) is 60.6. The van der Waals surface area contributed by atoms with Crippen LogP contribution in [0.4, 0.5) is 52.7 Å². The number of fused-ring (bicyclic) bond motifs is 2. The van der Waals surface area contributed by atoms with E-state index in [1.54, 1.807) is 33.5 Å². The maximum atomic E-state index is 14.7. The van der Waals surface area contributed by atoms with Crippen molar-refractivity contribution < 1.29 is 117 Å². The van der Waals surface area contributed by atoms with Gasteiger partial charge in [-0.2, -0.15) is 52.7 Å². The van der Waals surface area contributed by atoms with Crippen molar-refractivity contribution in [1.82, 2.24) is 0 Å². The Balaban J connectivity index is 0.000000313. The molecule has 12 atom stereocenters. The number of ketones is 1. The van der Waals surface area contributed by atoms with Gasteiger partial charge in [-0.05, 0) is 273 Å². The molecule has 6 aliphatic rings. The first-order valence-electron chi connectivity index (χ1n) is 49.1. The minimum atomic E-state index is -6.15. The zero-order valence-electron chi connectivity index (χ0n) is 88.0. The van der Waals surface area contributed by atoms with Crippen molar-refractivity contribution in [2.45, 2.75) is 385 Å². The average Bonchev–Trinajstić information content (AvgIpc) is 1.61. The third kappa shape index (κ3) is 26.8. The fourth-order valence-corrected chi connectivity index (χ4v) is 26.8. The minimum absolute atomic E-state index is 0.0335. The van der Waals surface area contributed by atoms with Crippen LogP contribution in [0, 0.1) is 69.0 Å². The van der Waals surface area contributed by atoms with Gasteiger partial charge in [-0.1, -0.05) is 192 Å². The Morgan fingerprint density at radius 2 is 1.02 bits per heavy atom. The number of carbonyl (C=O) groups is 1. The molecule has 2 unspecified atom stereocenters. The molecular weight excluding hydrogens is 1680 g/mol. The molecule has 4 N–H and O–H groups in total. The van der Waals surface area contributed by atoms with E-state index in [1.165, 1.54) is 25.6 Å². The highest BCUT2D eigenvalue weighted by molar-refractivity contribution is 7.78. The number of aliphatic hydroxyl groups is 4. The summed E-state index contributed by atoms with van der Waals surface area (Å²) >= 11 is 0. The van der Waals surface area contributed by atoms with Crippen LogP contribution in [0.3, 0.4) is 0 Å². The summed E-state index contributed by atoms with van der Waals surface area (Å²) in [7, 11) is -13.2. The Morgan fingerprint density at radius 3 is 1.49 bits per heavy atom. The van der Waals surface area contributed by atoms with Gasteiger partial charge >= 0.3 is 35.9 Å². The summed E-state index contributed by atoms with van der Waals surface area (Å²) < 4.78 is 301. The number of hydrogen-bond donors (Lipinski definition) is 4. The number of carbonyl (C=O) groups excluding carboxylic acids is 1. The number of allylic oxidation sites excluding steroid dienone is 4. The van der Waals surface area contributed by atoms with E-state index in [0.29, 0.717) is 87.9 Å². The second-order valence-electron chi connectivity index (χ2n) is 41.7. The lowest BCUT2D eigenvalue weighted by Gasteiger charge is -2.49. The molecule has 6 aliphatic carbocycles. The van der Waals surface area contributed by atoms with Crippen LogP contribution in [0.2, 0.25) is 75.5 Å². The summed E-state index contributed by atoms with van der Waals surface area (Å²) in [6.07, 6.45) is -14.1. The van der Waals surface area contributed by atoms with E-state index >= 15 is 0 Å². The second kappa shape index (κ2) is 39.5. The van der Waals surface area contributed by atoms with Crippen molar-refractivity contribution in [3.8, 4) is 23.7 Å². The van der Waals surface area contributed by atoms with Crippen molar-refractivity contribution in [3.63, 3.8) is 0 Å². The topological polar surface area (TPSA) is 152 Å². The molecule has 2 aromatic rings. The van der Waals surface area contributed by atoms with Crippen LogP contribution < -0.4 is 10.6 Å². The van der Waals surface area contributed by atoms with Gasteiger partial charge in [-0.3, -0.25) is 4.79 Å². The number of rotatable bonds is 25.